The first-order valence-electron chi connectivity index (χ1n) is 6.54. The normalized spacial score (nSPS) is 10.4. The average Bonchev–Trinajstić information content (AvgIpc) is 2.51. The molecule has 8 heteroatoms. The topological polar surface area (TPSA) is 62.7 Å². The third kappa shape index (κ3) is 4.22. The highest BCUT2D eigenvalue weighted by molar-refractivity contribution is 6.42. The molecule has 1 aromatic heterocycles. The van der Waals surface area contributed by atoms with Crippen LogP contribution in [0.25, 0.3) is 0 Å². The molecule has 0 aliphatic carbocycles. The summed E-state index contributed by atoms with van der Waals surface area (Å²) in [4.78, 5) is 4.33. The maximum atomic E-state index is 5.99. The lowest BCUT2D eigenvalue weighted by Gasteiger charge is -2.08. The fourth-order valence-corrected chi connectivity index (χ4v) is 2.32. The van der Waals surface area contributed by atoms with Crippen molar-refractivity contribution in [1.82, 2.24) is 15.2 Å². The number of benzene rings is 2. The van der Waals surface area contributed by atoms with E-state index in [4.69, 9.17) is 34.8 Å². The zero-order chi connectivity index (χ0) is 16.2. The second-order valence-electron chi connectivity index (χ2n) is 4.55. The molecule has 0 atom stereocenters. The lowest BCUT2D eigenvalue weighted by Crippen LogP contribution is -2.02. The first kappa shape index (κ1) is 15.8. The van der Waals surface area contributed by atoms with E-state index in [1.807, 2.05) is 12.1 Å². The van der Waals surface area contributed by atoms with Crippen molar-refractivity contribution in [1.29, 1.82) is 0 Å². The number of nitrogens with zero attached hydrogens (tertiary/aromatic N) is 3. The summed E-state index contributed by atoms with van der Waals surface area (Å²) in [6, 6.07) is 12.4. The van der Waals surface area contributed by atoms with Gasteiger partial charge in [-0.25, -0.2) is 0 Å². The molecule has 1 heterocycles. The Hall–Kier alpha value is -2.08. The number of halogens is 3. The molecule has 0 radical (unpaired) electrons. The first-order valence-corrected chi connectivity index (χ1v) is 7.68. The summed E-state index contributed by atoms with van der Waals surface area (Å²) in [5.74, 6) is 0.861. The number of nitrogens with one attached hydrogen (secondary N) is 2. The zero-order valence-corrected chi connectivity index (χ0v) is 13.9. The average molecular weight is 367 g/mol. The maximum absolute atomic E-state index is 5.99. The Kier molecular flexibility index (Phi) is 4.81. The van der Waals surface area contributed by atoms with Crippen molar-refractivity contribution in [3.05, 3.63) is 63.7 Å². The van der Waals surface area contributed by atoms with E-state index in [1.54, 1.807) is 30.3 Å². The van der Waals surface area contributed by atoms with Gasteiger partial charge in [-0.1, -0.05) is 40.9 Å². The fraction of sp³-hybridized carbons (Fsp3) is 0. The molecule has 3 aromatic rings. The SMILES string of the molecule is Clc1cccc(Nc2nncc(Nc3ccc(Cl)c(Cl)c3)n2)c1. The van der Waals surface area contributed by atoms with Crippen molar-refractivity contribution in [2.45, 2.75) is 0 Å². The van der Waals surface area contributed by atoms with E-state index in [2.05, 4.69) is 25.8 Å². The van der Waals surface area contributed by atoms with E-state index in [9.17, 15) is 0 Å². The molecular formula is C15H10Cl3N5. The zero-order valence-electron chi connectivity index (χ0n) is 11.6. The van der Waals surface area contributed by atoms with Gasteiger partial charge in [-0.2, -0.15) is 10.1 Å². The van der Waals surface area contributed by atoms with Gasteiger partial charge in [-0.05, 0) is 36.4 Å². The Balaban J connectivity index is 1.78. The molecule has 0 unspecified atom stereocenters. The van der Waals surface area contributed by atoms with Crippen LogP contribution < -0.4 is 10.6 Å². The van der Waals surface area contributed by atoms with Crippen molar-refractivity contribution in [2.75, 3.05) is 10.6 Å². The van der Waals surface area contributed by atoms with Crippen molar-refractivity contribution in [3.63, 3.8) is 0 Å². The standard InChI is InChI=1S/C15H10Cl3N5/c16-9-2-1-3-10(6-9)21-15-22-14(8-19-23-15)20-11-4-5-12(17)13(18)7-11/h1-8H,(H2,20,21,22,23). The first-order chi connectivity index (χ1) is 11.1. The minimum absolute atomic E-state index is 0.345. The second-order valence-corrected chi connectivity index (χ2v) is 5.81. The Morgan fingerprint density at radius 2 is 1.65 bits per heavy atom. The highest BCUT2D eigenvalue weighted by Gasteiger charge is 2.04. The van der Waals surface area contributed by atoms with Gasteiger partial charge < -0.3 is 10.6 Å². The van der Waals surface area contributed by atoms with Gasteiger partial charge in [0.15, 0.2) is 5.82 Å². The fourth-order valence-electron chi connectivity index (χ4n) is 1.83. The van der Waals surface area contributed by atoms with E-state index in [0.29, 0.717) is 26.8 Å². The van der Waals surface area contributed by atoms with E-state index in [0.717, 1.165) is 11.4 Å². The molecule has 5 nitrogen and oxygen atoms in total. The van der Waals surface area contributed by atoms with Crippen molar-refractivity contribution in [3.8, 4) is 0 Å². The number of rotatable bonds is 4. The second kappa shape index (κ2) is 7.00. The molecule has 116 valence electrons. The van der Waals surface area contributed by atoms with Crippen molar-refractivity contribution < 1.29 is 0 Å². The molecule has 2 aromatic carbocycles. The summed E-state index contributed by atoms with van der Waals surface area (Å²) >= 11 is 17.8. The molecule has 0 aliphatic rings. The molecule has 2 N–H and O–H groups in total. The maximum Gasteiger partial charge on any atom is 0.249 e. The van der Waals surface area contributed by atoms with Gasteiger partial charge in [0.25, 0.3) is 0 Å². The van der Waals surface area contributed by atoms with Crippen LogP contribution in [0.1, 0.15) is 0 Å². The largest absolute Gasteiger partial charge is 0.339 e. The van der Waals surface area contributed by atoms with Crippen LogP contribution in [0.5, 0.6) is 0 Å². The Morgan fingerprint density at radius 3 is 2.43 bits per heavy atom. The predicted octanol–water partition coefficient (Wildman–Crippen LogP) is 5.32. The molecule has 3 rings (SSSR count). The quantitative estimate of drug-likeness (QED) is 0.654. The van der Waals surface area contributed by atoms with Crippen LogP contribution >= 0.6 is 34.8 Å². The molecular weight excluding hydrogens is 357 g/mol. The Morgan fingerprint density at radius 1 is 0.826 bits per heavy atom. The molecule has 0 saturated carbocycles. The van der Waals surface area contributed by atoms with Crippen molar-refractivity contribution in [2.24, 2.45) is 0 Å². The Bertz CT molecular complexity index is 841. The van der Waals surface area contributed by atoms with Crippen LogP contribution in [0.15, 0.2) is 48.7 Å². The molecule has 0 aliphatic heterocycles. The third-order valence-corrected chi connectivity index (χ3v) is 3.81. The predicted molar refractivity (Wildman–Crippen MR) is 94.3 cm³/mol. The number of hydrogen-bond acceptors (Lipinski definition) is 5. The third-order valence-electron chi connectivity index (χ3n) is 2.83. The summed E-state index contributed by atoms with van der Waals surface area (Å²) in [5, 5.41) is 15.5. The number of anilines is 4. The van der Waals surface area contributed by atoms with Crippen molar-refractivity contribution >= 4 is 57.9 Å². The van der Waals surface area contributed by atoms with Gasteiger partial charge in [0.1, 0.15) is 0 Å². The van der Waals surface area contributed by atoms with Gasteiger partial charge in [-0.15, -0.1) is 5.10 Å². The number of hydrogen-bond donors (Lipinski definition) is 2. The van der Waals surface area contributed by atoms with E-state index >= 15 is 0 Å². The smallest absolute Gasteiger partial charge is 0.249 e. The summed E-state index contributed by atoms with van der Waals surface area (Å²) in [7, 11) is 0. The minimum Gasteiger partial charge on any atom is -0.339 e. The van der Waals surface area contributed by atoms with E-state index in [-0.39, 0.29) is 0 Å². The highest BCUT2D eigenvalue weighted by atomic mass is 35.5. The van der Waals surface area contributed by atoms with Crippen LogP contribution in [0.4, 0.5) is 23.1 Å². The highest BCUT2D eigenvalue weighted by Crippen LogP contribution is 2.26. The molecule has 23 heavy (non-hydrogen) atoms. The van der Waals surface area contributed by atoms with Crippen LogP contribution in [0, 0.1) is 0 Å². The molecule has 0 amide bonds. The molecule has 0 saturated heterocycles. The molecule has 0 fully saturated rings. The summed E-state index contributed by atoms with van der Waals surface area (Å²) in [6.07, 6.45) is 1.51. The van der Waals surface area contributed by atoms with Gasteiger partial charge in [0, 0.05) is 16.4 Å². The van der Waals surface area contributed by atoms with Crippen LogP contribution in [-0.2, 0) is 0 Å². The van der Waals surface area contributed by atoms with E-state index in [1.165, 1.54) is 6.20 Å². The Labute approximate surface area is 147 Å². The summed E-state index contributed by atoms with van der Waals surface area (Å²) in [5.41, 5.74) is 1.51. The minimum atomic E-state index is 0.345. The van der Waals surface area contributed by atoms with Gasteiger partial charge in [0.2, 0.25) is 5.95 Å². The summed E-state index contributed by atoms with van der Waals surface area (Å²) < 4.78 is 0. The van der Waals surface area contributed by atoms with Crippen LogP contribution in [0.2, 0.25) is 15.1 Å². The van der Waals surface area contributed by atoms with Crippen LogP contribution in [0.3, 0.4) is 0 Å². The number of aromatic nitrogens is 3. The lowest BCUT2D eigenvalue weighted by molar-refractivity contribution is 0.982. The van der Waals surface area contributed by atoms with Gasteiger partial charge in [-0.3, -0.25) is 0 Å². The van der Waals surface area contributed by atoms with Gasteiger partial charge >= 0.3 is 0 Å². The summed E-state index contributed by atoms with van der Waals surface area (Å²) in [6.45, 7) is 0. The lowest BCUT2D eigenvalue weighted by atomic mass is 10.3. The monoisotopic (exact) mass is 365 g/mol. The van der Waals surface area contributed by atoms with Gasteiger partial charge in [0.05, 0.1) is 16.2 Å². The molecule has 0 spiro atoms. The van der Waals surface area contributed by atoms with Crippen LogP contribution in [-0.4, -0.2) is 15.2 Å². The van der Waals surface area contributed by atoms with E-state index < -0.39 is 0 Å². The molecule has 0 bridgehead atoms.